The van der Waals surface area contributed by atoms with Gasteiger partial charge in [0.2, 0.25) is 0 Å². The van der Waals surface area contributed by atoms with Crippen LogP contribution in [0.25, 0.3) is 5.69 Å². The SMILES string of the molecule is N#CCc1ccn(-c2ccc(OC3CC3)cc2)n1. The highest BCUT2D eigenvalue weighted by Crippen LogP contribution is 2.27. The molecule has 4 nitrogen and oxygen atoms in total. The standard InChI is InChI=1S/C14H13N3O/c15-9-7-11-8-10-17(16-11)12-1-3-13(4-2-12)18-14-5-6-14/h1-4,8,10,14H,5-7H2. The molecule has 4 heteroatoms. The summed E-state index contributed by atoms with van der Waals surface area (Å²) in [6, 6.07) is 11.8. The van der Waals surface area contributed by atoms with Crippen molar-refractivity contribution in [2.24, 2.45) is 0 Å². The number of nitrogens with zero attached hydrogens (tertiary/aromatic N) is 3. The molecule has 1 aliphatic rings. The molecule has 18 heavy (non-hydrogen) atoms. The van der Waals surface area contributed by atoms with Crippen LogP contribution in [-0.2, 0) is 6.42 Å². The molecule has 90 valence electrons. The summed E-state index contributed by atoms with van der Waals surface area (Å²) in [6.45, 7) is 0. The van der Waals surface area contributed by atoms with Crippen LogP contribution in [0.2, 0.25) is 0 Å². The lowest BCUT2D eigenvalue weighted by molar-refractivity contribution is 0.303. The lowest BCUT2D eigenvalue weighted by atomic mass is 10.3. The summed E-state index contributed by atoms with van der Waals surface area (Å²) in [6.07, 6.45) is 4.96. The molecule has 1 aromatic carbocycles. The van der Waals surface area contributed by atoms with Gasteiger partial charge in [-0.05, 0) is 43.2 Å². The van der Waals surface area contributed by atoms with Crippen LogP contribution in [0.1, 0.15) is 18.5 Å². The second kappa shape index (κ2) is 4.53. The number of hydrogen-bond donors (Lipinski definition) is 0. The monoisotopic (exact) mass is 239 g/mol. The fourth-order valence-corrected chi connectivity index (χ4v) is 1.74. The van der Waals surface area contributed by atoms with E-state index in [4.69, 9.17) is 10.00 Å². The van der Waals surface area contributed by atoms with Gasteiger partial charge in [-0.25, -0.2) is 4.68 Å². The van der Waals surface area contributed by atoms with Crippen LogP contribution in [-0.4, -0.2) is 15.9 Å². The van der Waals surface area contributed by atoms with Gasteiger partial charge in [-0.3, -0.25) is 0 Å². The zero-order valence-corrected chi connectivity index (χ0v) is 9.91. The van der Waals surface area contributed by atoms with Gasteiger partial charge in [0.1, 0.15) is 5.75 Å². The van der Waals surface area contributed by atoms with Crippen molar-refractivity contribution in [1.82, 2.24) is 9.78 Å². The molecule has 1 aromatic heterocycles. The van der Waals surface area contributed by atoms with E-state index in [0.717, 1.165) is 17.1 Å². The van der Waals surface area contributed by atoms with Gasteiger partial charge in [0.15, 0.2) is 0 Å². The van der Waals surface area contributed by atoms with Crippen molar-refractivity contribution in [3.63, 3.8) is 0 Å². The second-order valence-electron chi connectivity index (χ2n) is 4.40. The van der Waals surface area contributed by atoms with Crippen LogP contribution in [0.3, 0.4) is 0 Å². The molecule has 1 heterocycles. The number of hydrogen-bond acceptors (Lipinski definition) is 3. The predicted octanol–water partition coefficient (Wildman–Crippen LogP) is 2.48. The summed E-state index contributed by atoms with van der Waals surface area (Å²) >= 11 is 0. The first-order valence-corrected chi connectivity index (χ1v) is 6.04. The zero-order chi connectivity index (χ0) is 12.4. The Balaban J connectivity index is 1.76. The number of aromatic nitrogens is 2. The Hall–Kier alpha value is -2.28. The lowest BCUT2D eigenvalue weighted by Gasteiger charge is -2.05. The maximum absolute atomic E-state index is 8.61. The summed E-state index contributed by atoms with van der Waals surface area (Å²) < 4.78 is 7.46. The number of nitriles is 1. The topological polar surface area (TPSA) is 50.8 Å². The molecule has 0 aliphatic heterocycles. The molecule has 1 saturated carbocycles. The van der Waals surface area contributed by atoms with Crippen molar-refractivity contribution in [3.8, 4) is 17.5 Å². The molecule has 1 fully saturated rings. The minimum Gasteiger partial charge on any atom is -0.490 e. The molecule has 0 amide bonds. The second-order valence-corrected chi connectivity index (χ2v) is 4.40. The highest BCUT2D eigenvalue weighted by molar-refractivity contribution is 5.37. The summed E-state index contributed by atoms with van der Waals surface area (Å²) in [7, 11) is 0. The number of rotatable bonds is 4. The highest BCUT2D eigenvalue weighted by atomic mass is 16.5. The summed E-state index contributed by atoms with van der Waals surface area (Å²) in [5.41, 5.74) is 1.76. The minimum atomic E-state index is 0.343. The van der Waals surface area contributed by atoms with E-state index < -0.39 is 0 Å². The van der Waals surface area contributed by atoms with E-state index in [1.165, 1.54) is 12.8 Å². The molecule has 2 aromatic rings. The first-order chi connectivity index (χ1) is 8.85. The van der Waals surface area contributed by atoms with Crippen molar-refractivity contribution in [2.75, 3.05) is 0 Å². The van der Waals surface area contributed by atoms with Crippen molar-refractivity contribution < 1.29 is 4.74 Å². The van der Waals surface area contributed by atoms with Crippen LogP contribution >= 0.6 is 0 Å². The van der Waals surface area contributed by atoms with E-state index in [2.05, 4.69) is 11.2 Å². The van der Waals surface area contributed by atoms with E-state index >= 15 is 0 Å². The van der Waals surface area contributed by atoms with Gasteiger partial charge in [0.05, 0.1) is 30.0 Å². The van der Waals surface area contributed by atoms with Gasteiger partial charge in [0, 0.05) is 6.20 Å². The maximum Gasteiger partial charge on any atom is 0.119 e. The molecule has 0 saturated heterocycles. The number of benzene rings is 1. The fourth-order valence-electron chi connectivity index (χ4n) is 1.74. The first-order valence-electron chi connectivity index (χ1n) is 6.04. The minimum absolute atomic E-state index is 0.343. The molecule has 0 atom stereocenters. The van der Waals surface area contributed by atoms with E-state index in [9.17, 15) is 0 Å². The Morgan fingerprint density at radius 1 is 1.28 bits per heavy atom. The van der Waals surface area contributed by atoms with Crippen LogP contribution in [0.15, 0.2) is 36.5 Å². The third-order valence-electron chi connectivity index (χ3n) is 2.83. The maximum atomic E-state index is 8.61. The Morgan fingerprint density at radius 3 is 2.72 bits per heavy atom. The van der Waals surface area contributed by atoms with Gasteiger partial charge in [0.25, 0.3) is 0 Å². The van der Waals surface area contributed by atoms with Gasteiger partial charge in [-0.2, -0.15) is 10.4 Å². The van der Waals surface area contributed by atoms with E-state index in [-0.39, 0.29) is 0 Å². The average Bonchev–Trinajstić information content (AvgIpc) is 3.07. The average molecular weight is 239 g/mol. The molecular weight excluding hydrogens is 226 g/mol. The molecule has 0 bridgehead atoms. The molecule has 0 N–H and O–H groups in total. The van der Waals surface area contributed by atoms with E-state index in [1.807, 2.05) is 36.5 Å². The first kappa shape index (κ1) is 10.8. The zero-order valence-electron chi connectivity index (χ0n) is 9.91. The normalized spacial score (nSPS) is 14.2. The smallest absolute Gasteiger partial charge is 0.119 e. The summed E-state index contributed by atoms with van der Waals surface area (Å²) in [5.74, 6) is 0.908. The van der Waals surface area contributed by atoms with Crippen LogP contribution < -0.4 is 4.74 Å². The van der Waals surface area contributed by atoms with Crippen molar-refractivity contribution in [3.05, 3.63) is 42.2 Å². The largest absolute Gasteiger partial charge is 0.490 e. The van der Waals surface area contributed by atoms with Gasteiger partial charge in [-0.15, -0.1) is 0 Å². The predicted molar refractivity (Wildman–Crippen MR) is 66.5 cm³/mol. The molecule has 0 spiro atoms. The Morgan fingerprint density at radius 2 is 2.06 bits per heavy atom. The van der Waals surface area contributed by atoms with Crippen LogP contribution in [0, 0.1) is 11.3 Å². The quantitative estimate of drug-likeness (QED) is 0.823. The van der Waals surface area contributed by atoms with Crippen LogP contribution in [0.4, 0.5) is 0 Å². The molecule has 0 unspecified atom stereocenters. The summed E-state index contributed by atoms with van der Waals surface area (Å²) in [4.78, 5) is 0. The van der Waals surface area contributed by atoms with Crippen molar-refractivity contribution in [1.29, 1.82) is 5.26 Å². The van der Waals surface area contributed by atoms with Gasteiger partial charge < -0.3 is 4.74 Å². The molecular formula is C14H13N3O. The molecule has 0 radical (unpaired) electrons. The Labute approximate surface area is 105 Å². The Kier molecular flexibility index (Phi) is 2.73. The fraction of sp³-hybridized carbons (Fsp3) is 0.286. The molecule has 1 aliphatic carbocycles. The lowest BCUT2D eigenvalue weighted by Crippen LogP contribution is -1.98. The number of ether oxygens (including phenoxy) is 1. The van der Waals surface area contributed by atoms with Gasteiger partial charge in [-0.1, -0.05) is 0 Å². The van der Waals surface area contributed by atoms with Crippen molar-refractivity contribution in [2.45, 2.75) is 25.4 Å². The summed E-state index contributed by atoms with van der Waals surface area (Å²) in [5, 5.41) is 12.9. The molecule has 3 rings (SSSR count). The Bertz CT molecular complexity index is 576. The van der Waals surface area contributed by atoms with Crippen molar-refractivity contribution >= 4 is 0 Å². The van der Waals surface area contributed by atoms with E-state index in [1.54, 1.807) is 4.68 Å². The van der Waals surface area contributed by atoms with Crippen LogP contribution in [0.5, 0.6) is 5.75 Å². The highest BCUT2D eigenvalue weighted by Gasteiger charge is 2.23. The van der Waals surface area contributed by atoms with E-state index in [0.29, 0.717) is 12.5 Å². The van der Waals surface area contributed by atoms with Gasteiger partial charge >= 0.3 is 0 Å². The third-order valence-corrected chi connectivity index (χ3v) is 2.83. The third kappa shape index (κ3) is 2.35.